The van der Waals surface area contributed by atoms with Crippen molar-refractivity contribution in [1.82, 2.24) is 15.3 Å². The van der Waals surface area contributed by atoms with Gasteiger partial charge in [0.15, 0.2) is 11.9 Å². The summed E-state index contributed by atoms with van der Waals surface area (Å²) in [6.07, 6.45) is -3.23. The van der Waals surface area contributed by atoms with E-state index in [1.807, 2.05) is 0 Å². The van der Waals surface area contributed by atoms with E-state index in [1.165, 1.54) is 6.33 Å². The first-order valence-corrected chi connectivity index (χ1v) is 5.96. The van der Waals surface area contributed by atoms with Gasteiger partial charge in [0.25, 0.3) is 5.91 Å². The average Bonchev–Trinajstić information content (AvgIpc) is 2.88. The van der Waals surface area contributed by atoms with Crippen LogP contribution >= 0.6 is 15.9 Å². The van der Waals surface area contributed by atoms with Gasteiger partial charge in [0, 0.05) is 0 Å². The van der Waals surface area contributed by atoms with Gasteiger partial charge in [-0.25, -0.2) is 4.98 Å². The Hall–Kier alpha value is -1.00. The van der Waals surface area contributed by atoms with Crippen LogP contribution in [0.3, 0.4) is 0 Å². The number of imidazole rings is 1. The molecule has 0 saturated carbocycles. The van der Waals surface area contributed by atoms with Crippen LogP contribution in [0.5, 0.6) is 0 Å². The number of ether oxygens (including phenoxy) is 1. The molecule has 1 aliphatic rings. The fourth-order valence-electron chi connectivity index (χ4n) is 1.65. The standard InChI is InChI=1S/C9H12BrN3O5/c10-7-4(11-2-12-7)8(17)13-9-6(16)5(15)3(1-14)18-9/h2-3,5-6,9,14-16H,1H2,(H,11,12)(H,13,17)/t3-,5-,6-,9-/m1/s1. The molecule has 2 rings (SSSR count). The second kappa shape index (κ2) is 5.33. The lowest BCUT2D eigenvalue weighted by Crippen LogP contribution is -2.44. The van der Waals surface area contributed by atoms with Gasteiger partial charge < -0.3 is 30.4 Å². The van der Waals surface area contributed by atoms with Crippen molar-refractivity contribution in [2.45, 2.75) is 24.5 Å². The smallest absolute Gasteiger partial charge is 0.274 e. The summed E-state index contributed by atoms with van der Waals surface area (Å²) in [5.41, 5.74) is 0.104. The Morgan fingerprint density at radius 3 is 2.78 bits per heavy atom. The molecule has 1 amide bonds. The fraction of sp³-hybridized carbons (Fsp3) is 0.556. The molecule has 1 aromatic rings. The van der Waals surface area contributed by atoms with E-state index in [9.17, 15) is 15.0 Å². The minimum atomic E-state index is -1.30. The summed E-state index contributed by atoms with van der Waals surface area (Å²) in [6.45, 7) is -0.448. The van der Waals surface area contributed by atoms with E-state index < -0.39 is 37.1 Å². The Balaban J connectivity index is 2.03. The van der Waals surface area contributed by atoms with E-state index in [-0.39, 0.29) is 5.69 Å². The third-order valence-corrected chi connectivity index (χ3v) is 3.23. The maximum atomic E-state index is 11.8. The number of carbonyl (C=O) groups excluding carboxylic acids is 1. The molecule has 8 nitrogen and oxygen atoms in total. The van der Waals surface area contributed by atoms with E-state index in [0.717, 1.165) is 0 Å². The van der Waals surface area contributed by atoms with Crippen molar-refractivity contribution in [2.24, 2.45) is 0 Å². The quantitative estimate of drug-likeness (QED) is 0.453. The van der Waals surface area contributed by atoms with Crippen molar-refractivity contribution in [3.05, 3.63) is 16.6 Å². The molecule has 100 valence electrons. The van der Waals surface area contributed by atoms with Crippen LogP contribution in [0, 0.1) is 0 Å². The van der Waals surface area contributed by atoms with E-state index in [4.69, 9.17) is 9.84 Å². The third-order valence-electron chi connectivity index (χ3n) is 2.62. The molecule has 5 N–H and O–H groups in total. The number of H-pyrrole nitrogens is 1. The molecule has 18 heavy (non-hydrogen) atoms. The van der Waals surface area contributed by atoms with Crippen LogP contribution in [0.15, 0.2) is 10.9 Å². The largest absolute Gasteiger partial charge is 0.394 e. The lowest BCUT2D eigenvalue weighted by atomic mass is 10.1. The summed E-state index contributed by atoms with van der Waals surface area (Å²) >= 11 is 3.10. The van der Waals surface area contributed by atoms with Crippen molar-refractivity contribution >= 4 is 21.8 Å². The van der Waals surface area contributed by atoms with Gasteiger partial charge in [-0.15, -0.1) is 0 Å². The number of aliphatic hydroxyl groups excluding tert-OH is 3. The highest BCUT2D eigenvalue weighted by Crippen LogP contribution is 2.20. The normalized spacial score (nSPS) is 31.6. The van der Waals surface area contributed by atoms with Crippen molar-refractivity contribution in [1.29, 1.82) is 0 Å². The molecule has 4 atom stereocenters. The van der Waals surface area contributed by atoms with Gasteiger partial charge in [-0.3, -0.25) is 4.79 Å². The predicted molar refractivity (Wildman–Crippen MR) is 61.5 cm³/mol. The van der Waals surface area contributed by atoms with E-state index in [0.29, 0.717) is 4.60 Å². The number of carbonyl (C=O) groups is 1. The van der Waals surface area contributed by atoms with Crippen LogP contribution in [0.25, 0.3) is 0 Å². The number of halogens is 1. The minimum absolute atomic E-state index is 0.104. The molecule has 0 aromatic carbocycles. The Labute approximate surface area is 110 Å². The molecular formula is C9H12BrN3O5. The lowest BCUT2D eigenvalue weighted by molar-refractivity contribution is -0.0305. The molecule has 0 bridgehead atoms. The van der Waals surface area contributed by atoms with Gasteiger partial charge in [0.1, 0.15) is 22.9 Å². The van der Waals surface area contributed by atoms with Gasteiger partial charge in [-0.1, -0.05) is 0 Å². The maximum absolute atomic E-state index is 11.8. The van der Waals surface area contributed by atoms with Crippen LogP contribution in [-0.4, -0.2) is 62.3 Å². The zero-order valence-electron chi connectivity index (χ0n) is 9.08. The second-order valence-corrected chi connectivity index (χ2v) is 4.59. The second-order valence-electron chi connectivity index (χ2n) is 3.80. The molecular weight excluding hydrogens is 310 g/mol. The number of nitrogens with zero attached hydrogens (tertiary/aromatic N) is 1. The first kappa shape index (κ1) is 13.4. The van der Waals surface area contributed by atoms with Crippen LogP contribution in [-0.2, 0) is 4.74 Å². The first-order valence-electron chi connectivity index (χ1n) is 5.16. The lowest BCUT2D eigenvalue weighted by Gasteiger charge is -2.15. The van der Waals surface area contributed by atoms with E-state index in [2.05, 4.69) is 31.2 Å². The van der Waals surface area contributed by atoms with Crippen molar-refractivity contribution in [2.75, 3.05) is 6.61 Å². The molecule has 1 saturated heterocycles. The van der Waals surface area contributed by atoms with Crippen LogP contribution in [0.1, 0.15) is 10.5 Å². The molecule has 1 fully saturated rings. The molecule has 9 heteroatoms. The molecule has 1 aliphatic heterocycles. The summed E-state index contributed by atoms with van der Waals surface area (Å²) in [4.78, 5) is 18.2. The van der Waals surface area contributed by atoms with Gasteiger partial charge >= 0.3 is 0 Å². The Kier molecular flexibility index (Phi) is 3.97. The van der Waals surface area contributed by atoms with E-state index in [1.54, 1.807) is 0 Å². The molecule has 1 aromatic heterocycles. The maximum Gasteiger partial charge on any atom is 0.274 e. The van der Waals surface area contributed by atoms with Gasteiger partial charge in [-0.2, -0.15) is 0 Å². The number of hydrogen-bond donors (Lipinski definition) is 5. The summed E-state index contributed by atoms with van der Waals surface area (Å²) in [7, 11) is 0. The van der Waals surface area contributed by atoms with Gasteiger partial charge in [-0.05, 0) is 15.9 Å². The fourth-order valence-corrected chi connectivity index (χ4v) is 2.04. The zero-order chi connectivity index (χ0) is 13.3. The van der Waals surface area contributed by atoms with Crippen molar-refractivity contribution in [3.8, 4) is 0 Å². The molecule has 0 unspecified atom stereocenters. The first-order chi connectivity index (χ1) is 8.54. The monoisotopic (exact) mass is 321 g/mol. The number of amides is 1. The van der Waals surface area contributed by atoms with Crippen LogP contribution < -0.4 is 5.32 Å². The number of aromatic amines is 1. The highest BCUT2D eigenvalue weighted by Gasteiger charge is 2.43. The molecule has 2 heterocycles. The highest BCUT2D eigenvalue weighted by atomic mass is 79.9. The Morgan fingerprint density at radius 2 is 2.28 bits per heavy atom. The number of aliphatic hydroxyl groups is 3. The highest BCUT2D eigenvalue weighted by molar-refractivity contribution is 9.10. The summed E-state index contributed by atoms with van der Waals surface area (Å²) in [5, 5.41) is 30.4. The SMILES string of the molecule is O=C(N[C@@H]1O[C@H](CO)[C@@H](O)[C@H]1O)c1nc[nH]c1Br. The topological polar surface area (TPSA) is 128 Å². The van der Waals surface area contributed by atoms with Gasteiger partial charge in [0.05, 0.1) is 12.9 Å². The Morgan fingerprint density at radius 1 is 1.56 bits per heavy atom. The number of rotatable bonds is 3. The molecule has 0 spiro atoms. The van der Waals surface area contributed by atoms with Crippen LogP contribution in [0.2, 0.25) is 0 Å². The summed E-state index contributed by atoms with van der Waals surface area (Å²) < 4.78 is 5.50. The molecule has 0 aliphatic carbocycles. The summed E-state index contributed by atoms with van der Waals surface area (Å²) in [6, 6.07) is 0. The summed E-state index contributed by atoms with van der Waals surface area (Å²) in [5.74, 6) is -0.571. The zero-order valence-corrected chi connectivity index (χ0v) is 10.7. The predicted octanol–water partition coefficient (Wildman–Crippen LogP) is -1.66. The number of hydrogen-bond acceptors (Lipinski definition) is 6. The van der Waals surface area contributed by atoms with Gasteiger partial charge in [0.2, 0.25) is 0 Å². The van der Waals surface area contributed by atoms with Crippen LogP contribution in [0.4, 0.5) is 0 Å². The third kappa shape index (κ3) is 2.40. The Bertz CT molecular complexity index is 440. The number of aromatic nitrogens is 2. The minimum Gasteiger partial charge on any atom is -0.394 e. The average molecular weight is 322 g/mol. The van der Waals surface area contributed by atoms with E-state index >= 15 is 0 Å². The van der Waals surface area contributed by atoms with Crippen molar-refractivity contribution in [3.63, 3.8) is 0 Å². The van der Waals surface area contributed by atoms with Crippen molar-refractivity contribution < 1.29 is 24.9 Å². The molecule has 0 radical (unpaired) electrons. The number of nitrogens with one attached hydrogen (secondary N) is 2.